The van der Waals surface area contributed by atoms with Crippen molar-refractivity contribution in [3.8, 4) is 5.75 Å². The molecule has 0 aliphatic carbocycles. The van der Waals surface area contributed by atoms with Gasteiger partial charge in [-0.2, -0.15) is 0 Å². The van der Waals surface area contributed by atoms with E-state index in [1.54, 1.807) is 6.07 Å². The van der Waals surface area contributed by atoms with Crippen molar-refractivity contribution in [2.75, 3.05) is 18.5 Å². The molecule has 1 aromatic carbocycles. The van der Waals surface area contributed by atoms with E-state index in [2.05, 4.69) is 5.32 Å². The Morgan fingerprint density at radius 2 is 2.44 bits per heavy atom. The van der Waals surface area contributed by atoms with Crippen molar-refractivity contribution in [1.29, 1.82) is 0 Å². The van der Waals surface area contributed by atoms with Crippen LogP contribution in [0.25, 0.3) is 0 Å². The topological polar surface area (TPSA) is 84.6 Å². The number of aliphatic hydroxyl groups excluding tert-OH is 1. The molecule has 2 rings (SSSR count). The SMILES string of the molecule is O=[N+]([O-])c1ccc2c(c1)NC(CCO)CO2. The highest BCUT2D eigenvalue weighted by atomic mass is 16.6. The number of nitro benzene ring substituents is 1. The Kier molecular flexibility index (Phi) is 2.91. The maximum Gasteiger partial charge on any atom is 0.271 e. The van der Waals surface area contributed by atoms with E-state index in [9.17, 15) is 10.1 Å². The van der Waals surface area contributed by atoms with Gasteiger partial charge in [-0.25, -0.2) is 0 Å². The fraction of sp³-hybridized carbons (Fsp3) is 0.400. The summed E-state index contributed by atoms with van der Waals surface area (Å²) in [6, 6.07) is 4.43. The van der Waals surface area contributed by atoms with Crippen LogP contribution in [0.15, 0.2) is 18.2 Å². The number of non-ortho nitro benzene ring substituents is 1. The molecule has 0 fully saturated rings. The summed E-state index contributed by atoms with van der Waals surface area (Å²) in [5.74, 6) is 0.611. The molecule has 0 radical (unpaired) electrons. The molecule has 1 aliphatic heterocycles. The molecule has 1 heterocycles. The lowest BCUT2D eigenvalue weighted by Crippen LogP contribution is -2.32. The highest BCUT2D eigenvalue weighted by molar-refractivity contribution is 5.63. The third kappa shape index (κ3) is 2.06. The van der Waals surface area contributed by atoms with Crippen LogP contribution in [0.5, 0.6) is 5.75 Å². The highest BCUT2D eigenvalue weighted by Crippen LogP contribution is 2.32. The molecular formula is C10H12N2O4. The van der Waals surface area contributed by atoms with E-state index in [1.165, 1.54) is 12.1 Å². The number of nitrogens with one attached hydrogen (secondary N) is 1. The second kappa shape index (κ2) is 4.36. The molecular weight excluding hydrogens is 212 g/mol. The van der Waals surface area contributed by atoms with Crippen LogP contribution in [-0.2, 0) is 0 Å². The van der Waals surface area contributed by atoms with Crippen molar-refractivity contribution in [3.63, 3.8) is 0 Å². The molecule has 6 nitrogen and oxygen atoms in total. The first-order chi connectivity index (χ1) is 7.70. The number of aliphatic hydroxyl groups is 1. The van der Waals surface area contributed by atoms with E-state index >= 15 is 0 Å². The number of fused-ring (bicyclic) bond motifs is 1. The van der Waals surface area contributed by atoms with Gasteiger partial charge in [-0.15, -0.1) is 0 Å². The van der Waals surface area contributed by atoms with Crippen LogP contribution in [0.4, 0.5) is 11.4 Å². The predicted octanol–water partition coefficient (Wildman–Crippen LogP) is 1.15. The Balaban J connectivity index is 2.21. The van der Waals surface area contributed by atoms with E-state index in [1.807, 2.05) is 0 Å². The molecule has 0 spiro atoms. The van der Waals surface area contributed by atoms with Gasteiger partial charge in [-0.3, -0.25) is 10.1 Å². The number of anilines is 1. The minimum Gasteiger partial charge on any atom is -0.489 e. The molecule has 0 bridgehead atoms. The van der Waals surface area contributed by atoms with Gasteiger partial charge in [0.05, 0.1) is 16.7 Å². The van der Waals surface area contributed by atoms with Crippen LogP contribution in [0.2, 0.25) is 0 Å². The summed E-state index contributed by atoms with van der Waals surface area (Å²) in [7, 11) is 0. The van der Waals surface area contributed by atoms with Gasteiger partial charge < -0.3 is 15.2 Å². The van der Waals surface area contributed by atoms with Crippen molar-refractivity contribution < 1.29 is 14.8 Å². The van der Waals surface area contributed by atoms with Gasteiger partial charge in [-0.05, 0) is 12.5 Å². The Bertz CT molecular complexity index is 408. The summed E-state index contributed by atoms with van der Waals surface area (Å²) in [6.45, 7) is 0.524. The Hall–Kier alpha value is -1.82. The fourth-order valence-corrected chi connectivity index (χ4v) is 1.63. The second-order valence-corrected chi connectivity index (χ2v) is 3.60. The van der Waals surface area contributed by atoms with E-state index in [-0.39, 0.29) is 18.3 Å². The summed E-state index contributed by atoms with van der Waals surface area (Å²) in [5, 5.41) is 22.5. The number of nitrogens with zero attached hydrogens (tertiary/aromatic N) is 1. The fourth-order valence-electron chi connectivity index (χ4n) is 1.63. The van der Waals surface area contributed by atoms with Crippen molar-refractivity contribution >= 4 is 11.4 Å². The molecule has 0 saturated heterocycles. The van der Waals surface area contributed by atoms with Gasteiger partial charge in [0.15, 0.2) is 0 Å². The standard InChI is InChI=1S/C10H12N2O4/c13-4-3-7-6-16-10-2-1-8(12(14)15)5-9(10)11-7/h1-2,5,7,11,13H,3-4,6H2. The molecule has 86 valence electrons. The van der Waals surface area contributed by atoms with Crippen LogP contribution in [0.1, 0.15) is 6.42 Å². The summed E-state index contributed by atoms with van der Waals surface area (Å²) in [5.41, 5.74) is 0.637. The van der Waals surface area contributed by atoms with Crippen LogP contribution in [-0.4, -0.2) is 29.3 Å². The van der Waals surface area contributed by atoms with Crippen molar-refractivity contribution in [1.82, 2.24) is 0 Å². The Labute approximate surface area is 92.0 Å². The molecule has 1 atom stereocenters. The van der Waals surface area contributed by atoms with Gasteiger partial charge in [0.25, 0.3) is 5.69 Å². The van der Waals surface area contributed by atoms with Crippen molar-refractivity contribution in [2.45, 2.75) is 12.5 Å². The van der Waals surface area contributed by atoms with Crippen molar-refractivity contribution in [3.05, 3.63) is 28.3 Å². The van der Waals surface area contributed by atoms with Gasteiger partial charge >= 0.3 is 0 Å². The zero-order chi connectivity index (χ0) is 11.5. The minimum absolute atomic E-state index is 0.000459. The zero-order valence-corrected chi connectivity index (χ0v) is 8.55. The molecule has 6 heteroatoms. The van der Waals surface area contributed by atoms with E-state index in [0.29, 0.717) is 24.5 Å². The summed E-state index contributed by atoms with van der Waals surface area (Å²) >= 11 is 0. The maximum atomic E-state index is 10.6. The molecule has 16 heavy (non-hydrogen) atoms. The highest BCUT2D eigenvalue weighted by Gasteiger charge is 2.20. The summed E-state index contributed by atoms with van der Waals surface area (Å²) in [4.78, 5) is 10.1. The molecule has 1 aromatic rings. The third-order valence-corrected chi connectivity index (χ3v) is 2.45. The monoisotopic (exact) mass is 224 g/mol. The van der Waals surface area contributed by atoms with E-state index in [4.69, 9.17) is 9.84 Å². The third-order valence-electron chi connectivity index (χ3n) is 2.45. The normalized spacial score (nSPS) is 18.2. The van der Waals surface area contributed by atoms with E-state index < -0.39 is 4.92 Å². The minimum atomic E-state index is -0.447. The molecule has 1 aliphatic rings. The van der Waals surface area contributed by atoms with Gasteiger partial charge in [0.1, 0.15) is 12.4 Å². The molecule has 0 saturated carbocycles. The van der Waals surface area contributed by atoms with Crippen LogP contribution in [0, 0.1) is 10.1 Å². The summed E-state index contributed by atoms with van der Waals surface area (Å²) < 4.78 is 5.43. The number of benzene rings is 1. The molecule has 1 unspecified atom stereocenters. The summed E-state index contributed by atoms with van der Waals surface area (Å²) in [6.07, 6.45) is 0.558. The maximum absolute atomic E-state index is 10.6. The Morgan fingerprint density at radius 3 is 3.12 bits per heavy atom. The lowest BCUT2D eigenvalue weighted by atomic mass is 10.1. The lowest BCUT2D eigenvalue weighted by Gasteiger charge is -2.26. The smallest absolute Gasteiger partial charge is 0.271 e. The van der Waals surface area contributed by atoms with Crippen LogP contribution < -0.4 is 10.1 Å². The van der Waals surface area contributed by atoms with E-state index in [0.717, 1.165) is 0 Å². The lowest BCUT2D eigenvalue weighted by molar-refractivity contribution is -0.384. The molecule has 2 N–H and O–H groups in total. The number of rotatable bonds is 3. The van der Waals surface area contributed by atoms with Gasteiger partial charge in [0.2, 0.25) is 0 Å². The van der Waals surface area contributed by atoms with Crippen molar-refractivity contribution in [2.24, 2.45) is 0 Å². The number of nitro groups is 1. The van der Waals surface area contributed by atoms with Gasteiger partial charge in [0, 0.05) is 18.7 Å². The average molecular weight is 224 g/mol. The predicted molar refractivity (Wildman–Crippen MR) is 57.7 cm³/mol. The zero-order valence-electron chi connectivity index (χ0n) is 8.55. The number of ether oxygens (including phenoxy) is 1. The second-order valence-electron chi connectivity index (χ2n) is 3.60. The van der Waals surface area contributed by atoms with Crippen LogP contribution in [0.3, 0.4) is 0 Å². The van der Waals surface area contributed by atoms with Gasteiger partial charge in [-0.1, -0.05) is 0 Å². The molecule has 0 aromatic heterocycles. The first-order valence-corrected chi connectivity index (χ1v) is 4.99. The number of hydrogen-bond acceptors (Lipinski definition) is 5. The quantitative estimate of drug-likeness (QED) is 0.594. The average Bonchev–Trinajstić information content (AvgIpc) is 2.28. The van der Waals surface area contributed by atoms with Crippen LogP contribution >= 0.6 is 0 Å². The number of hydrogen-bond donors (Lipinski definition) is 2. The Morgan fingerprint density at radius 1 is 1.62 bits per heavy atom. The largest absolute Gasteiger partial charge is 0.489 e. The molecule has 0 amide bonds. The first-order valence-electron chi connectivity index (χ1n) is 4.99. The first kappa shape index (κ1) is 10.7.